The number of nitriles is 1. The number of carbonyl (C=O) groups excluding carboxylic acids is 1. The number of methoxy groups -OCH3 is 1. The molecule has 88 valence electrons. The van der Waals surface area contributed by atoms with Gasteiger partial charge in [-0.15, -0.1) is 0 Å². The third-order valence-corrected chi connectivity index (χ3v) is 3.19. The van der Waals surface area contributed by atoms with Crippen molar-refractivity contribution in [3.8, 4) is 6.07 Å². The van der Waals surface area contributed by atoms with Crippen LogP contribution in [-0.4, -0.2) is 26.2 Å². The van der Waals surface area contributed by atoms with Gasteiger partial charge in [-0.25, -0.2) is 0 Å². The molecule has 1 aliphatic rings. The molecule has 0 spiro atoms. The first-order valence-corrected chi connectivity index (χ1v) is 5.55. The summed E-state index contributed by atoms with van der Waals surface area (Å²) in [5, 5.41) is 11.9. The summed E-state index contributed by atoms with van der Waals surface area (Å²) in [6.07, 6.45) is 0. The van der Waals surface area contributed by atoms with E-state index in [1.807, 2.05) is 12.1 Å². The van der Waals surface area contributed by atoms with Crippen LogP contribution in [0.2, 0.25) is 0 Å². The largest absolute Gasteiger partial charge is 0.469 e. The van der Waals surface area contributed by atoms with Gasteiger partial charge in [0, 0.05) is 19.0 Å². The first kappa shape index (κ1) is 11.6. The highest BCUT2D eigenvalue weighted by Crippen LogP contribution is 2.29. The monoisotopic (exact) mass is 230 g/mol. The maximum absolute atomic E-state index is 11.6. The van der Waals surface area contributed by atoms with Crippen LogP contribution in [0.3, 0.4) is 0 Å². The lowest BCUT2D eigenvalue weighted by molar-refractivity contribution is -0.145. The summed E-state index contributed by atoms with van der Waals surface area (Å²) < 4.78 is 4.80. The van der Waals surface area contributed by atoms with Crippen LogP contribution >= 0.6 is 0 Å². The molecular formula is C13H14N2O2. The van der Waals surface area contributed by atoms with E-state index in [9.17, 15) is 4.79 Å². The summed E-state index contributed by atoms with van der Waals surface area (Å²) in [7, 11) is 1.41. The lowest BCUT2D eigenvalue weighted by Crippen LogP contribution is -2.22. The molecule has 1 aliphatic heterocycles. The number of esters is 1. The van der Waals surface area contributed by atoms with Gasteiger partial charge < -0.3 is 10.1 Å². The molecule has 0 aliphatic carbocycles. The Morgan fingerprint density at radius 2 is 2.12 bits per heavy atom. The molecule has 4 nitrogen and oxygen atoms in total. The fraction of sp³-hybridized carbons (Fsp3) is 0.385. The van der Waals surface area contributed by atoms with Crippen LogP contribution in [0, 0.1) is 17.2 Å². The highest BCUT2D eigenvalue weighted by molar-refractivity contribution is 5.74. The summed E-state index contributed by atoms with van der Waals surface area (Å²) >= 11 is 0. The summed E-state index contributed by atoms with van der Waals surface area (Å²) in [4.78, 5) is 11.6. The van der Waals surface area contributed by atoms with Crippen molar-refractivity contribution in [1.29, 1.82) is 5.26 Å². The van der Waals surface area contributed by atoms with E-state index < -0.39 is 0 Å². The van der Waals surface area contributed by atoms with Crippen molar-refractivity contribution in [2.75, 3.05) is 20.2 Å². The van der Waals surface area contributed by atoms with Crippen LogP contribution in [-0.2, 0) is 9.53 Å². The van der Waals surface area contributed by atoms with Gasteiger partial charge in [-0.2, -0.15) is 5.26 Å². The van der Waals surface area contributed by atoms with E-state index in [0.717, 1.165) is 12.1 Å². The van der Waals surface area contributed by atoms with Crippen molar-refractivity contribution >= 4 is 5.97 Å². The molecule has 0 unspecified atom stereocenters. The zero-order chi connectivity index (χ0) is 12.3. The number of nitrogens with zero attached hydrogens (tertiary/aromatic N) is 1. The van der Waals surface area contributed by atoms with Gasteiger partial charge in [0.1, 0.15) is 0 Å². The molecule has 0 amide bonds. The number of benzene rings is 1. The topological polar surface area (TPSA) is 62.1 Å². The summed E-state index contributed by atoms with van der Waals surface area (Å²) in [5.41, 5.74) is 1.71. The Bertz CT molecular complexity index is 447. The van der Waals surface area contributed by atoms with Crippen molar-refractivity contribution < 1.29 is 9.53 Å². The second-order valence-electron chi connectivity index (χ2n) is 4.13. The van der Waals surface area contributed by atoms with Crippen molar-refractivity contribution in [3.05, 3.63) is 35.4 Å². The van der Waals surface area contributed by atoms with Gasteiger partial charge in [-0.1, -0.05) is 12.1 Å². The molecule has 1 aromatic carbocycles. The summed E-state index contributed by atoms with van der Waals surface area (Å²) in [6.45, 7) is 1.42. The first-order chi connectivity index (χ1) is 8.26. The fourth-order valence-electron chi connectivity index (χ4n) is 2.23. The Kier molecular flexibility index (Phi) is 3.40. The number of hydrogen-bond acceptors (Lipinski definition) is 4. The molecule has 0 radical (unpaired) electrons. The number of ether oxygens (including phenoxy) is 1. The second-order valence-corrected chi connectivity index (χ2v) is 4.13. The van der Waals surface area contributed by atoms with Gasteiger partial charge in [0.05, 0.1) is 24.7 Å². The lowest BCUT2D eigenvalue weighted by atomic mass is 9.88. The lowest BCUT2D eigenvalue weighted by Gasteiger charge is -2.16. The average Bonchev–Trinajstić information content (AvgIpc) is 2.87. The van der Waals surface area contributed by atoms with E-state index in [1.165, 1.54) is 7.11 Å². The minimum absolute atomic E-state index is 0.132. The van der Waals surface area contributed by atoms with Gasteiger partial charge in [0.15, 0.2) is 0 Å². The quantitative estimate of drug-likeness (QED) is 0.771. The maximum atomic E-state index is 11.6. The first-order valence-electron chi connectivity index (χ1n) is 5.55. The van der Waals surface area contributed by atoms with E-state index in [-0.39, 0.29) is 17.8 Å². The molecule has 1 heterocycles. The highest BCUT2D eigenvalue weighted by atomic mass is 16.5. The zero-order valence-corrected chi connectivity index (χ0v) is 9.64. The van der Waals surface area contributed by atoms with Gasteiger partial charge in [-0.05, 0) is 17.7 Å². The summed E-state index contributed by atoms with van der Waals surface area (Å²) in [5.74, 6) is -0.174. The molecule has 2 rings (SSSR count). The molecule has 1 fully saturated rings. The Morgan fingerprint density at radius 3 is 2.71 bits per heavy atom. The smallest absolute Gasteiger partial charge is 0.310 e. The molecule has 1 N–H and O–H groups in total. The van der Waals surface area contributed by atoms with Gasteiger partial charge in [-0.3, -0.25) is 4.79 Å². The second kappa shape index (κ2) is 4.98. The highest BCUT2D eigenvalue weighted by Gasteiger charge is 2.34. The molecule has 0 aromatic heterocycles. The number of rotatable bonds is 2. The molecule has 0 bridgehead atoms. The van der Waals surface area contributed by atoms with Crippen LogP contribution < -0.4 is 5.32 Å². The SMILES string of the molecule is COC(=O)[C@@H]1CNC[C@@H]1c1ccc(C#N)cc1. The van der Waals surface area contributed by atoms with Gasteiger partial charge in [0.2, 0.25) is 0 Å². The third kappa shape index (κ3) is 2.29. The van der Waals surface area contributed by atoms with E-state index >= 15 is 0 Å². The minimum Gasteiger partial charge on any atom is -0.469 e. The van der Waals surface area contributed by atoms with Crippen LogP contribution in [0.1, 0.15) is 17.0 Å². The van der Waals surface area contributed by atoms with Crippen LogP contribution in [0.5, 0.6) is 0 Å². The minimum atomic E-state index is -0.177. The Morgan fingerprint density at radius 1 is 1.41 bits per heavy atom. The van der Waals surface area contributed by atoms with Gasteiger partial charge in [0.25, 0.3) is 0 Å². The standard InChI is InChI=1S/C13H14N2O2/c1-17-13(16)12-8-15-7-11(12)10-4-2-9(6-14)3-5-10/h2-5,11-12,15H,7-8H2,1H3/t11-,12-/m1/s1. The van der Waals surface area contributed by atoms with Crippen LogP contribution in [0.4, 0.5) is 0 Å². The fourth-order valence-corrected chi connectivity index (χ4v) is 2.23. The van der Waals surface area contributed by atoms with Crippen LogP contribution in [0.15, 0.2) is 24.3 Å². The molecule has 2 atom stereocenters. The Labute approximate surface area is 100 Å². The predicted molar refractivity (Wildman–Crippen MR) is 62.3 cm³/mol. The molecule has 4 heteroatoms. The predicted octanol–water partition coefficient (Wildman–Crippen LogP) is 1.03. The van der Waals surface area contributed by atoms with Crippen molar-refractivity contribution in [3.63, 3.8) is 0 Å². The number of hydrogen-bond donors (Lipinski definition) is 1. The number of nitrogens with one attached hydrogen (secondary N) is 1. The Hall–Kier alpha value is -1.86. The average molecular weight is 230 g/mol. The maximum Gasteiger partial charge on any atom is 0.310 e. The summed E-state index contributed by atoms with van der Waals surface area (Å²) in [6, 6.07) is 9.46. The third-order valence-electron chi connectivity index (χ3n) is 3.19. The van der Waals surface area contributed by atoms with E-state index in [2.05, 4.69) is 11.4 Å². The molecule has 17 heavy (non-hydrogen) atoms. The normalized spacial score (nSPS) is 23.1. The van der Waals surface area contributed by atoms with Crippen molar-refractivity contribution in [2.24, 2.45) is 5.92 Å². The van der Waals surface area contributed by atoms with E-state index in [1.54, 1.807) is 12.1 Å². The molecule has 1 aromatic rings. The van der Waals surface area contributed by atoms with Crippen molar-refractivity contribution in [2.45, 2.75) is 5.92 Å². The Balaban J connectivity index is 2.20. The van der Waals surface area contributed by atoms with E-state index in [0.29, 0.717) is 12.1 Å². The van der Waals surface area contributed by atoms with Crippen molar-refractivity contribution in [1.82, 2.24) is 5.32 Å². The molecule has 0 saturated carbocycles. The van der Waals surface area contributed by atoms with E-state index in [4.69, 9.17) is 10.00 Å². The number of carbonyl (C=O) groups is 1. The zero-order valence-electron chi connectivity index (χ0n) is 9.64. The molecular weight excluding hydrogens is 216 g/mol. The molecule has 1 saturated heterocycles. The van der Waals surface area contributed by atoms with Crippen LogP contribution in [0.25, 0.3) is 0 Å². The van der Waals surface area contributed by atoms with Gasteiger partial charge >= 0.3 is 5.97 Å².